The number of nitrogens with one attached hydrogen (secondary N) is 2. The van der Waals surface area contributed by atoms with Gasteiger partial charge in [-0.05, 0) is 31.7 Å². The monoisotopic (exact) mass is 329 g/mol. The van der Waals surface area contributed by atoms with Crippen molar-refractivity contribution in [3.8, 4) is 5.88 Å². The molecule has 0 aliphatic carbocycles. The number of carbonyl (C=O) groups excluding carboxylic acids is 1. The molecule has 8 heteroatoms. The fraction of sp³-hybridized carbons (Fsp3) is 0.600. The second-order valence-electron chi connectivity index (χ2n) is 6.07. The number of fused-ring (bicyclic) bond motifs is 2. The number of rotatable bonds is 4. The molecular formula is C15H18F3N3O2. The van der Waals surface area contributed by atoms with Gasteiger partial charge >= 0.3 is 6.18 Å². The van der Waals surface area contributed by atoms with Crippen molar-refractivity contribution in [3.63, 3.8) is 0 Å². The largest absolute Gasteiger partial charge is 0.468 e. The molecule has 126 valence electrons. The van der Waals surface area contributed by atoms with Crippen LogP contribution in [0.1, 0.15) is 36.0 Å². The van der Waals surface area contributed by atoms with E-state index in [4.69, 9.17) is 0 Å². The van der Waals surface area contributed by atoms with Crippen molar-refractivity contribution in [2.75, 3.05) is 6.61 Å². The summed E-state index contributed by atoms with van der Waals surface area (Å²) in [7, 11) is 0. The van der Waals surface area contributed by atoms with Gasteiger partial charge in [-0.15, -0.1) is 0 Å². The molecule has 2 fully saturated rings. The molecule has 3 heterocycles. The van der Waals surface area contributed by atoms with Gasteiger partial charge in [0.05, 0.1) is 5.56 Å². The number of hydrogen-bond donors (Lipinski definition) is 2. The predicted molar refractivity (Wildman–Crippen MR) is 76.2 cm³/mol. The van der Waals surface area contributed by atoms with Gasteiger partial charge in [0.1, 0.15) is 0 Å². The van der Waals surface area contributed by atoms with E-state index in [0.29, 0.717) is 17.6 Å². The van der Waals surface area contributed by atoms with Crippen molar-refractivity contribution in [3.05, 3.63) is 23.9 Å². The lowest BCUT2D eigenvalue weighted by Gasteiger charge is -2.29. The van der Waals surface area contributed by atoms with Crippen LogP contribution in [0.5, 0.6) is 5.88 Å². The van der Waals surface area contributed by atoms with E-state index in [-0.39, 0.29) is 17.8 Å². The Labute approximate surface area is 131 Å². The summed E-state index contributed by atoms with van der Waals surface area (Å²) >= 11 is 0. The second-order valence-corrected chi connectivity index (χ2v) is 6.07. The summed E-state index contributed by atoms with van der Waals surface area (Å²) in [4.78, 5) is 15.9. The Morgan fingerprint density at radius 2 is 2.00 bits per heavy atom. The number of alkyl halides is 3. The van der Waals surface area contributed by atoms with Crippen LogP contribution in [-0.4, -0.2) is 41.8 Å². The zero-order valence-electron chi connectivity index (χ0n) is 12.4. The van der Waals surface area contributed by atoms with Crippen molar-refractivity contribution in [1.29, 1.82) is 0 Å². The molecule has 2 aliphatic rings. The molecule has 23 heavy (non-hydrogen) atoms. The fourth-order valence-corrected chi connectivity index (χ4v) is 3.20. The Hall–Kier alpha value is -1.83. The number of hydrogen-bond acceptors (Lipinski definition) is 4. The fourth-order valence-electron chi connectivity index (χ4n) is 3.20. The number of piperidine rings is 1. The molecular weight excluding hydrogens is 311 g/mol. The lowest BCUT2D eigenvalue weighted by atomic mass is 9.99. The van der Waals surface area contributed by atoms with E-state index in [0.717, 1.165) is 25.7 Å². The Bertz CT molecular complexity index is 550. The minimum atomic E-state index is -4.41. The van der Waals surface area contributed by atoms with E-state index in [9.17, 15) is 18.0 Å². The Morgan fingerprint density at radius 3 is 2.57 bits per heavy atom. The molecule has 2 saturated heterocycles. The van der Waals surface area contributed by atoms with Crippen molar-refractivity contribution >= 4 is 5.91 Å². The van der Waals surface area contributed by atoms with Crippen LogP contribution in [0.2, 0.25) is 0 Å². The summed E-state index contributed by atoms with van der Waals surface area (Å²) in [6.45, 7) is -1.40. The Balaban J connectivity index is 1.53. The van der Waals surface area contributed by atoms with Crippen LogP contribution in [0, 0.1) is 0 Å². The summed E-state index contributed by atoms with van der Waals surface area (Å²) in [5.74, 6) is -0.412. The summed E-state index contributed by atoms with van der Waals surface area (Å²) in [6.07, 6.45) is 0.918. The third kappa shape index (κ3) is 4.34. The average Bonchev–Trinajstić information content (AvgIpc) is 2.84. The van der Waals surface area contributed by atoms with Crippen molar-refractivity contribution in [2.24, 2.45) is 0 Å². The quantitative estimate of drug-likeness (QED) is 0.887. The average molecular weight is 329 g/mol. The second kappa shape index (κ2) is 6.35. The molecule has 1 amide bonds. The highest BCUT2D eigenvalue weighted by atomic mass is 19.4. The lowest BCUT2D eigenvalue weighted by Crippen LogP contribution is -2.48. The van der Waals surface area contributed by atoms with E-state index in [1.54, 1.807) is 0 Å². The minimum absolute atomic E-state index is 0.127. The molecule has 1 aromatic rings. The molecule has 2 aliphatic heterocycles. The molecule has 2 unspecified atom stereocenters. The van der Waals surface area contributed by atoms with E-state index >= 15 is 0 Å². The first kappa shape index (κ1) is 16.0. The van der Waals surface area contributed by atoms with Crippen LogP contribution in [-0.2, 0) is 0 Å². The molecule has 0 aromatic carbocycles. The highest BCUT2D eigenvalue weighted by Crippen LogP contribution is 2.27. The van der Waals surface area contributed by atoms with Gasteiger partial charge in [0.25, 0.3) is 5.91 Å². The van der Waals surface area contributed by atoms with Gasteiger partial charge < -0.3 is 15.4 Å². The highest BCUT2D eigenvalue weighted by molar-refractivity contribution is 5.94. The van der Waals surface area contributed by atoms with Crippen LogP contribution in [0.3, 0.4) is 0 Å². The smallest absolute Gasteiger partial charge is 0.422 e. The first-order valence-electron chi connectivity index (χ1n) is 7.61. The first-order chi connectivity index (χ1) is 10.9. The van der Waals surface area contributed by atoms with E-state index in [1.165, 1.54) is 18.3 Å². The number of aromatic nitrogens is 1. The third-order valence-electron chi connectivity index (χ3n) is 4.19. The predicted octanol–water partition coefficient (Wildman–Crippen LogP) is 2.04. The molecule has 3 rings (SSSR count). The number of amides is 1. The molecule has 0 saturated carbocycles. The maximum Gasteiger partial charge on any atom is 0.422 e. The minimum Gasteiger partial charge on any atom is -0.468 e. The summed E-state index contributed by atoms with van der Waals surface area (Å²) in [5, 5.41) is 6.47. The maximum absolute atomic E-state index is 12.2. The van der Waals surface area contributed by atoms with Crippen LogP contribution in [0.25, 0.3) is 0 Å². The number of pyridine rings is 1. The number of halogens is 3. The summed E-state index contributed by atoms with van der Waals surface area (Å²) in [5.41, 5.74) is 0.315. The van der Waals surface area contributed by atoms with Crippen LogP contribution in [0.15, 0.2) is 18.3 Å². The summed E-state index contributed by atoms with van der Waals surface area (Å²) in [6, 6.07) is 3.75. The number of ether oxygens (including phenoxy) is 1. The van der Waals surface area contributed by atoms with Crippen LogP contribution < -0.4 is 15.4 Å². The van der Waals surface area contributed by atoms with E-state index in [2.05, 4.69) is 20.4 Å². The number of nitrogens with zero attached hydrogens (tertiary/aromatic N) is 1. The van der Waals surface area contributed by atoms with Gasteiger partial charge in [-0.1, -0.05) is 0 Å². The van der Waals surface area contributed by atoms with Gasteiger partial charge in [0.15, 0.2) is 6.61 Å². The highest BCUT2D eigenvalue weighted by Gasteiger charge is 2.34. The topological polar surface area (TPSA) is 63.2 Å². The molecule has 2 N–H and O–H groups in total. The summed E-state index contributed by atoms with van der Waals surface area (Å²) < 4.78 is 40.7. The van der Waals surface area contributed by atoms with Gasteiger partial charge in [0, 0.05) is 30.4 Å². The molecule has 2 atom stereocenters. The van der Waals surface area contributed by atoms with E-state index in [1.807, 2.05) is 0 Å². The first-order valence-corrected chi connectivity index (χ1v) is 7.61. The Morgan fingerprint density at radius 1 is 1.30 bits per heavy atom. The van der Waals surface area contributed by atoms with Crippen molar-refractivity contribution in [2.45, 2.75) is 50.0 Å². The van der Waals surface area contributed by atoms with Crippen molar-refractivity contribution in [1.82, 2.24) is 15.6 Å². The van der Waals surface area contributed by atoms with Crippen molar-refractivity contribution < 1.29 is 22.7 Å². The standard InChI is InChI=1S/C15H18F3N3O2/c16-15(17,18)8-23-13-4-1-9(7-19-13)14(22)21-12-5-10-2-3-11(6-12)20-10/h1,4,7,10-12,20H,2-3,5-6,8H2,(H,21,22). The zero-order chi connectivity index (χ0) is 16.4. The normalized spacial score (nSPS) is 26.8. The molecule has 1 aromatic heterocycles. The number of carbonyl (C=O) groups is 1. The van der Waals surface area contributed by atoms with E-state index < -0.39 is 12.8 Å². The van der Waals surface area contributed by atoms with Crippen LogP contribution >= 0.6 is 0 Å². The van der Waals surface area contributed by atoms with Gasteiger partial charge in [-0.25, -0.2) is 4.98 Å². The molecule has 5 nitrogen and oxygen atoms in total. The zero-order valence-corrected chi connectivity index (χ0v) is 12.4. The van der Waals surface area contributed by atoms with Gasteiger partial charge in [-0.2, -0.15) is 13.2 Å². The maximum atomic E-state index is 12.2. The van der Waals surface area contributed by atoms with Gasteiger partial charge in [-0.3, -0.25) is 4.79 Å². The SMILES string of the molecule is O=C(NC1CC2CCC(C1)N2)c1ccc(OCC(F)(F)F)nc1. The van der Waals surface area contributed by atoms with Gasteiger partial charge in [0.2, 0.25) is 5.88 Å². The molecule has 2 bridgehead atoms. The lowest BCUT2D eigenvalue weighted by molar-refractivity contribution is -0.154. The molecule has 0 radical (unpaired) electrons. The Kier molecular flexibility index (Phi) is 4.43. The third-order valence-corrected chi connectivity index (χ3v) is 4.19. The van der Waals surface area contributed by atoms with Crippen LogP contribution in [0.4, 0.5) is 13.2 Å². The molecule has 0 spiro atoms.